The molecule has 0 aliphatic rings. The smallest absolute Gasteiger partial charge is 0.0874 e. The Labute approximate surface area is 88.1 Å². The standard InChI is InChI=1S/C11H12N4/c1-15-11-8-13-6-9(4-2-3-5-12)10(11)7-14-15/h6-8H,3,5,12H2,1H3. The second-order valence-corrected chi connectivity index (χ2v) is 3.23. The molecule has 0 aliphatic heterocycles. The summed E-state index contributed by atoms with van der Waals surface area (Å²) in [4.78, 5) is 4.13. The summed E-state index contributed by atoms with van der Waals surface area (Å²) in [6.45, 7) is 0.587. The highest BCUT2D eigenvalue weighted by molar-refractivity contribution is 5.83. The molecule has 0 bridgehead atoms. The fraction of sp³-hybridized carbons (Fsp3) is 0.273. The third-order valence-corrected chi connectivity index (χ3v) is 2.17. The normalized spacial score (nSPS) is 10.0. The van der Waals surface area contributed by atoms with Crippen molar-refractivity contribution in [1.82, 2.24) is 14.8 Å². The van der Waals surface area contributed by atoms with Crippen molar-refractivity contribution < 1.29 is 0 Å². The fourth-order valence-electron chi connectivity index (χ4n) is 1.39. The van der Waals surface area contributed by atoms with Crippen LogP contribution in [0.5, 0.6) is 0 Å². The van der Waals surface area contributed by atoms with Gasteiger partial charge in [0.1, 0.15) is 0 Å². The molecule has 0 atom stereocenters. The molecule has 2 N–H and O–H groups in total. The Kier molecular flexibility index (Phi) is 2.66. The molecule has 0 saturated carbocycles. The van der Waals surface area contributed by atoms with Crippen molar-refractivity contribution >= 4 is 10.9 Å². The second kappa shape index (κ2) is 4.11. The van der Waals surface area contributed by atoms with E-state index in [1.54, 1.807) is 17.1 Å². The summed E-state index contributed by atoms with van der Waals surface area (Å²) in [7, 11) is 1.89. The minimum atomic E-state index is 0.587. The van der Waals surface area contributed by atoms with Gasteiger partial charge >= 0.3 is 0 Å². The van der Waals surface area contributed by atoms with E-state index in [1.165, 1.54) is 0 Å². The van der Waals surface area contributed by atoms with Gasteiger partial charge in [-0.15, -0.1) is 0 Å². The number of fused-ring (bicyclic) bond motifs is 1. The summed E-state index contributed by atoms with van der Waals surface area (Å²) in [5, 5.41) is 5.21. The Balaban J connectivity index is 2.49. The maximum absolute atomic E-state index is 5.37. The molecule has 4 nitrogen and oxygen atoms in total. The molecular formula is C11H12N4. The number of nitrogens with two attached hydrogens (primary N) is 1. The van der Waals surface area contributed by atoms with Gasteiger partial charge in [-0.1, -0.05) is 11.8 Å². The van der Waals surface area contributed by atoms with E-state index in [2.05, 4.69) is 21.9 Å². The van der Waals surface area contributed by atoms with Crippen molar-refractivity contribution in [1.29, 1.82) is 0 Å². The zero-order chi connectivity index (χ0) is 10.7. The van der Waals surface area contributed by atoms with Crippen molar-refractivity contribution in [3.63, 3.8) is 0 Å². The third-order valence-electron chi connectivity index (χ3n) is 2.17. The van der Waals surface area contributed by atoms with E-state index in [1.807, 2.05) is 13.2 Å². The summed E-state index contributed by atoms with van der Waals surface area (Å²) < 4.78 is 1.79. The van der Waals surface area contributed by atoms with E-state index in [9.17, 15) is 0 Å². The quantitative estimate of drug-likeness (QED) is 0.688. The summed E-state index contributed by atoms with van der Waals surface area (Å²) >= 11 is 0. The van der Waals surface area contributed by atoms with Crippen LogP contribution in [0.15, 0.2) is 18.6 Å². The molecule has 4 heteroatoms. The summed E-state index contributed by atoms with van der Waals surface area (Å²) in [5.41, 5.74) is 7.28. The number of pyridine rings is 1. The van der Waals surface area contributed by atoms with Crippen molar-refractivity contribution in [3.8, 4) is 11.8 Å². The number of hydrogen-bond acceptors (Lipinski definition) is 3. The number of rotatable bonds is 1. The number of aryl methyl sites for hydroxylation is 1. The topological polar surface area (TPSA) is 56.7 Å². The minimum Gasteiger partial charge on any atom is -0.330 e. The Morgan fingerprint density at radius 3 is 3.07 bits per heavy atom. The van der Waals surface area contributed by atoms with Gasteiger partial charge in [0, 0.05) is 31.6 Å². The van der Waals surface area contributed by atoms with Gasteiger partial charge in [-0.25, -0.2) is 0 Å². The molecule has 0 aromatic carbocycles. The fourth-order valence-corrected chi connectivity index (χ4v) is 1.39. The van der Waals surface area contributed by atoms with Gasteiger partial charge in [0.05, 0.1) is 23.5 Å². The highest BCUT2D eigenvalue weighted by Gasteiger charge is 2.02. The molecular weight excluding hydrogens is 188 g/mol. The molecule has 15 heavy (non-hydrogen) atoms. The first-order chi connectivity index (χ1) is 7.33. The molecule has 76 valence electrons. The SMILES string of the molecule is Cn1ncc2c(C#CCCN)cncc21. The van der Waals surface area contributed by atoms with Crippen LogP contribution in [0.1, 0.15) is 12.0 Å². The van der Waals surface area contributed by atoms with E-state index in [-0.39, 0.29) is 0 Å². The minimum absolute atomic E-state index is 0.587. The van der Waals surface area contributed by atoms with Gasteiger partial charge in [0.25, 0.3) is 0 Å². The average molecular weight is 200 g/mol. The van der Waals surface area contributed by atoms with Gasteiger partial charge in [-0.2, -0.15) is 5.10 Å². The van der Waals surface area contributed by atoms with E-state index in [4.69, 9.17) is 5.73 Å². The third kappa shape index (κ3) is 1.83. The van der Waals surface area contributed by atoms with Crippen LogP contribution in [0.3, 0.4) is 0 Å². The predicted molar refractivity (Wildman–Crippen MR) is 59.1 cm³/mol. The molecule has 0 amide bonds. The molecule has 0 saturated heterocycles. The van der Waals surface area contributed by atoms with Gasteiger partial charge in [0.15, 0.2) is 0 Å². The van der Waals surface area contributed by atoms with Crippen molar-refractivity contribution in [2.45, 2.75) is 6.42 Å². The van der Waals surface area contributed by atoms with Crippen LogP contribution in [0.4, 0.5) is 0 Å². The highest BCUT2D eigenvalue weighted by atomic mass is 15.2. The van der Waals surface area contributed by atoms with Crippen LogP contribution in [-0.4, -0.2) is 21.3 Å². The summed E-state index contributed by atoms with van der Waals surface area (Å²) in [6, 6.07) is 0. The number of hydrogen-bond donors (Lipinski definition) is 1. The average Bonchev–Trinajstić information content (AvgIpc) is 2.62. The van der Waals surface area contributed by atoms with Gasteiger partial charge in [-0.05, 0) is 0 Å². The molecule has 0 spiro atoms. The van der Waals surface area contributed by atoms with Crippen LogP contribution in [0, 0.1) is 11.8 Å². The van der Waals surface area contributed by atoms with Crippen molar-refractivity contribution in [3.05, 3.63) is 24.2 Å². The molecule has 2 aromatic rings. The first-order valence-corrected chi connectivity index (χ1v) is 4.77. The van der Waals surface area contributed by atoms with Crippen LogP contribution in [0.25, 0.3) is 10.9 Å². The monoisotopic (exact) mass is 200 g/mol. The Morgan fingerprint density at radius 2 is 2.27 bits per heavy atom. The molecule has 2 rings (SSSR count). The maximum atomic E-state index is 5.37. The van der Waals surface area contributed by atoms with Gasteiger partial charge in [0.2, 0.25) is 0 Å². The van der Waals surface area contributed by atoms with Gasteiger partial charge in [-0.3, -0.25) is 9.67 Å². The molecule has 2 aromatic heterocycles. The van der Waals surface area contributed by atoms with Crippen LogP contribution in [0.2, 0.25) is 0 Å². The predicted octanol–water partition coefficient (Wildman–Crippen LogP) is 0.669. The van der Waals surface area contributed by atoms with E-state index in [0.29, 0.717) is 13.0 Å². The van der Waals surface area contributed by atoms with Crippen molar-refractivity contribution in [2.75, 3.05) is 6.54 Å². The van der Waals surface area contributed by atoms with E-state index < -0.39 is 0 Å². The molecule has 0 fully saturated rings. The molecule has 0 aliphatic carbocycles. The number of nitrogens with zero attached hydrogens (tertiary/aromatic N) is 3. The Bertz CT molecular complexity index is 530. The molecule has 0 unspecified atom stereocenters. The first kappa shape index (κ1) is 9.69. The maximum Gasteiger partial charge on any atom is 0.0874 e. The zero-order valence-electron chi connectivity index (χ0n) is 8.57. The lowest BCUT2D eigenvalue weighted by Crippen LogP contribution is -1.95. The van der Waals surface area contributed by atoms with E-state index in [0.717, 1.165) is 16.5 Å². The summed E-state index contributed by atoms with van der Waals surface area (Å²) in [5.74, 6) is 6.06. The van der Waals surface area contributed by atoms with Crippen molar-refractivity contribution in [2.24, 2.45) is 12.8 Å². The summed E-state index contributed by atoms with van der Waals surface area (Å²) in [6.07, 6.45) is 6.06. The van der Waals surface area contributed by atoms with E-state index >= 15 is 0 Å². The molecule has 0 radical (unpaired) electrons. The van der Waals surface area contributed by atoms with Gasteiger partial charge < -0.3 is 5.73 Å². The lowest BCUT2D eigenvalue weighted by atomic mass is 10.2. The van der Waals surface area contributed by atoms with Crippen LogP contribution < -0.4 is 5.73 Å². The molecule has 2 heterocycles. The van der Waals surface area contributed by atoms with Crippen LogP contribution in [-0.2, 0) is 7.05 Å². The largest absolute Gasteiger partial charge is 0.330 e. The lowest BCUT2D eigenvalue weighted by molar-refractivity contribution is 0.795. The zero-order valence-corrected chi connectivity index (χ0v) is 8.57. The lowest BCUT2D eigenvalue weighted by Gasteiger charge is -1.94. The Hall–Kier alpha value is -1.86. The Morgan fingerprint density at radius 1 is 1.40 bits per heavy atom. The number of aromatic nitrogens is 3. The second-order valence-electron chi connectivity index (χ2n) is 3.23. The first-order valence-electron chi connectivity index (χ1n) is 4.77. The van der Waals surface area contributed by atoms with Crippen LogP contribution >= 0.6 is 0 Å². The highest BCUT2D eigenvalue weighted by Crippen LogP contribution is 2.14.